The molecule has 2 aromatic heterocycles. The Bertz CT molecular complexity index is 1190. The lowest BCUT2D eigenvalue weighted by molar-refractivity contribution is 0.249. The first-order valence-corrected chi connectivity index (χ1v) is 13.5. The van der Waals surface area contributed by atoms with E-state index in [4.69, 9.17) is 30.4 Å². The Kier molecular flexibility index (Phi) is 9.34. The number of pyridine rings is 1. The highest BCUT2D eigenvalue weighted by atomic mass is 35.5. The summed E-state index contributed by atoms with van der Waals surface area (Å²) in [6, 6.07) is 10.2. The Morgan fingerprint density at radius 3 is 2.43 bits per heavy atom. The molecule has 0 atom stereocenters. The molecule has 198 valence electrons. The molecule has 1 saturated heterocycles. The fraction of sp³-hybridized carbons (Fsp3) is 0.400. The molecule has 0 amide bonds. The number of aromatic nitrogens is 3. The van der Waals surface area contributed by atoms with E-state index in [1.54, 1.807) is 33.7 Å². The Morgan fingerprint density at radius 2 is 1.76 bits per heavy atom. The lowest BCUT2D eigenvalue weighted by Gasteiger charge is -2.36. The second-order valence-corrected chi connectivity index (χ2v) is 10.8. The van der Waals surface area contributed by atoms with Crippen LogP contribution in [0.25, 0.3) is 0 Å². The van der Waals surface area contributed by atoms with Gasteiger partial charge in [-0.3, -0.25) is 0 Å². The molecule has 0 saturated carbocycles. The van der Waals surface area contributed by atoms with Crippen LogP contribution in [-0.4, -0.2) is 74.4 Å². The minimum Gasteiger partial charge on any atom is -0.493 e. The smallest absolute Gasteiger partial charge is 0.229 e. The number of rotatable bonds is 10. The van der Waals surface area contributed by atoms with Crippen molar-refractivity contribution in [3.05, 3.63) is 47.7 Å². The Labute approximate surface area is 224 Å². The van der Waals surface area contributed by atoms with Gasteiger partial charge in [0.15, 0.2) is 17.4 Å². The molecule has 1 aliphatic heterocycles. The van der Waals surface area contributed by atoms with Crippen LogP contribution < -0.4 is 25.6 Å². The van der Waals surface area contributed by atoms with Crippen LogP contribution >= 0.6 is 20.0 Å². The third kappa shape index (κ3) is 6.58. The molecule has 3 aromatic rings. The van der Waals surface area contributed by atoms with E-state index < -0.39 is 8.38 Å². The van der Waals surface area contributed by atoms with Crippen LogP contribution in [0.5, 0.6) is 5.75 Å². The second kappa shape index (κ2) is 12.7. The average molecular weight is 546 g/mol. The van der Waals surface area contributed by atoms with E-state index >= 15 is 0 Å². The van der Waals surface area contributed by atoms with Crippen molar-refractivity contribution in [1.82, 2.24) is 19.9 Å². The van der Waals surface area contributed by atoms with Crippen LogP contribution in [0.4, 0.5) is 29.0 Å². The summed E-state index contributed by atoms with van der Waals surface area (Å²) in [4.78, 5) is 18.2. The van der Waals surface area contributed by atoms with Crippen molar-refractivity contribution in [2.75, 3.05) is 64.0 Å². The highest BCUT2D eigenvalue weighted by Gasteiger charge is 2.24. The van der Waals surface area contributed by atoms with Crippen molar-refractivity contribution in [2.24, 2.45) is 0 Å². The lowest BCUT2D eigenvalue weighted by atomic mass is 10.0. The molecular weight excluding hydrogens is 513 g/mol. The number of ether oxygens (including phenoxy) is 1. The van der Waals surface area contributed by atoms with Crippen LogP contribution in [0.15, 0.2) is 42.7 Å². The van der Waals surface area contributed by atoms with Crippen LogP contribution in [0.2, 0.25) is 5.02 Å². The first-order chi connectivity index (χ1) is 17.9. The first-order valence-electron chi connectivity index (χ1n) is 11.9. The van der Waals surface area contributed by atoms with Gasteiger partial charge in [-0.2, -0.15) is 4.98 Å². The summed E-state index contributed by atoms with van der Waals surface area (Å²) >= 11 is 6.42. The van der Waals surface area contributed by atoms with Gasteiger partial charge in [-0.15, -0.1) is 0 Å². The Hall–Kier alpha value is -2.75. The van der Waals surface area contributed by atoms with Crippen molar-refractivity contribution in [3.8, 4) is 5.75 Å². The number of hydrogen-bond donors (Lipinski definition) is 2. The number of hydrogen-bond acceptors (Lipinski definition) is 10. The number of para-hydroxylation sites is 1. The molecule has 1 aromatic carbocycles. The molecule has 1 aliphatic rings. The van der Waals surface area contributed by atoms with Gasteiger partial charge in [0.05, 0.1) is 36.2 Å². The lowest BCUT2D eigenvalue weighted by Crippen LogP contribution is -2.42. The van der Waals surface area contributed by atoms with Gasteiger partial charge in [0.2, 0.25) is 14.3 Å². The molecule has 2 N–H and O–H groups in total. The minimum absolute atomic E-state index is 0.369. The number of nitrogens with zero attached hydrogens (tertiary/aromatic N) is 5. The summed E-state index contributed by atoms with van der Waals surface area (Å²) in [6.45, 7) is 1.87. The Morgan fingerprint density at radius 1 is 1.03 bits per heavy atom. The first kappa shape index (κ1) is 27.3. The topological polar surface area (TPSA) is 96.9 Å². The van der Waals surface area contributed by atoms with Crippen molar-refractivity contribution in [2.45, 2.75) is 18.9 Å². The third-order valence-corrected chi connectivity index (χ3v) is 7.96. The van der Waals surface area contributed by atoms with E-state index in [0.717, 1.165) is 42.7 Å². The van der Waals surface area contributed by atoms with E-state index in [-0.39, 0.29) is 0 Å². The quantitative estimate of drug-likeness (QED) is 0.346. The molecule has 1 fully saturated rings. The van der Waals surface area contributed by atoms with Crippen LogP contribution in [0.1, 0.15) is 12.8 Å². The fourth-order valence-electron chi connectivity index (χ4n) is 4.27. The minimum atomic E-state index is -1.24. The zero-order chi connectivity index (χ0) is 26.4. The maximum Gasteiger partial charge on any atom is 0.229 e. The molecule has 4 rings (SSSR count). The second-order valence-electron chi connectivity index (χ2n) is 8.71. The summed E-state index contributed by atoms with van der Waals surface area (Å²) in [5.41, 5.74) is 1.49. The molecule has 37 heavy (non-hydrogen) atoms. The van der Waals surface area contributed by atoms with Crippen LogP contribution in [-0.2, 0) is 9.05 Å². The highest BCUT2D eigenvalue weighted by molar-refractivity contribution is 7.56. The summed E-state index contributed by atoms with van der Waals surface area (Å²) in [7, 11) is 7.92. The highest BCUT2D eigenvalue weighted by Crippen LogP contribution is 2.38. The molecule has 0 unspecified atom stereocenters. The van der Waals surface area contributed by atoms with Gasteiger partial charge in [-0.1, -0.05) is 23.7 Å². The maximum absolute atomic E-state index is 6.42. The predicted octanol–water partition coefficient (Wildman–Crippen LogP) is 4.78. The monoisotopic (exact) mass is 545 g/mol. The summed E-state index contributed by atoms with van der Waals surface area (Å²) in [5.74, 6) is 2.36. The zero-order valence-corrected chi connectivity index (χ0v) is 23.4. The number of benzene rings is 1. The third-order valence-electron chi connectivity index (χ3n) is 6.23. The molecule has 0 spiro atoms. The van der Waals surface area contributed by atoms with E-state index in [1.165, 1.54) is 0 Å². The van der Waals surface area contributed by atoms with Crippen LogP contribution in [0, 0.1) is 0 Å². The average Bonchev–Trinajstić information content (AvgIpc) is 2.92. The van der Waals surface area contributed by atoms with E-state index in [1.807, 2.05) is 30.3 Å². The molecule has 3 heterocycles. The van der Waals surface area contributed by atoms with Gasteiger partial charge in [0.25, 0.3) is 0 Å². The molecular formula is C25H33ClN7O3P. The number of piperidine rings is 1. The van der Waals surface area contributed by atoms with Gasteiger partial charge in [-0.25, -0.2) is 9.97 Å². The Balaban J connectivity index is 1.51. The summed E-state index contributed by atoms with van der Waals surface area (Å²) in [6.07, 6.45) is 5.49. The van der Waals surface area contributed by atoms with Crippen molar-refractivity contribution in [3.63, 3.8) is 0 Å². The number of anilines is 5. The van der Waals surface area contributed by atoms with E-state index in [0.29, 0.717) is 34.3 Å². The largest absolute Gasteiger partial charge is 0.493 e. The SMILES string of the molecule is COc1cc(Nc2ncc(Cl)c(Nc3ccccc3P(OC)OC)n2)cnc1N1CCC(N(C)C)CC1. The van der Waals surface area contributed by atoms with E-state index in [9.17, 15) is 0 Å². The van der Waals surface area contributed by atoms with Gasteiger partial charge in [0, 0.05) is 39.4 Å². The summed E-state index contributed by atoms with van der Waals surface area (Å²) < 4.78 is 16.7. The van der Waals surface area contributed by atoms with Gasteiger partial charge in [-0.05, 0) is 39.1 Å². The van der Waals surface area contributed by atoms with Gasteiger partial charge in [0.1, 0.15) is 5.02 Å². The van der Waals surface area contributed by atoms with Crippen molar-refractivity contribution in [1.29, 1.82) is 0 Å². The number of halogens is 1. The predicted molar refractivity (Wildman–Crippen MR) is 150 cm³/mol. The molecule has 12 heteroatoms. The van der Waals surface area contributed by atoms with E-state index in [2.05, 4.69) is 44.5 Å². The standard InChI is InChI=1S/C25H33ClN7O3P/c1-32(2)18-10-12-33(13-11-18)24-21(34-3)14-17(15-27-24)29-25-28-16-19(26)23(31-25)30-20-8-6-7-9-22(20)37(35-4)36-5/h6-9,14-16,18H,10-13H2,1-5H3,(H2,28,29,30,31). The normalized spacial score (nSPS) is 14.3. The number of nitrogens with one attached hydrogen (secondary N) is 2. The van der Waals surface area contributed by atoms with Crippen molar-refractivity contribution < 1.29 is 13.8 Å². The van der Waals surface area contributed by atoms with Gasteiger partial charge < -0.3 is 34.2 Å². The molecule has 10 nitrogen and oxygen atoms in total. The zero-order valence-electron chi connectivity index (χ0n) is 21.7. The molecule has 0 aliphatic carbocycles. The summed E-state index contributed by atoms with van der Waals surface area (Å²) in [5, 5.41) is 7.76. The van der Waals surface area contributed by atoms with Crippen molar-refractivity contribution >= 4 is 54.2 Å². The molecule has 0 bridgehead atoms. The van der Waals surface area contributed by atoms with Gasteiger partial charge >= 0.3 is 0 Å². The fourth-order valence-corrected chi connectivity index (χ4v) is 5.48. The maximum atomic E-state index is 6.42. The van der Waals surface area contributed by atoms with Crippen LogP contribution in [0.3, 0.4) is 0 Å². The molecule has 0 radical (unpaired) electrons. The number of methoxy groups -OCH3 is 1.